The molecule has 0 spiro atoms. The first kappa shape index (κ1) is 16.8. The van der Waals surface area contributed by atoms with Crippen molar-refractivity contribution in [2.75, 3.05) is 0 Å². The summed E-state index contributed by atoms with van der Waals surface area (Å²) in [4.78, 5) is 17.5. The zero-order chi connectivity index (χ0) is 17.1. The van der Waals surface area contributed by atoms with Crippen LogP contribution in [0.4, 0.5) is 0 Å². The molecule has 0 bridgehead atoms. The molecule has 0 radical (unpaired) electrons. The summed E-state index contributed by atoms with van der Waals surface area (Å²) in [5.74, 6) is 0.815. The summed E-state index contributed by atoms with van der Waals surface area (Å²) < 4.78 is 1.81. The van der Waals surface area contributed by atoms with E-state index in [9.17, 15) is 4.79 Å². The molecular weight excluding hydrogens is 316 g/mol. The minimum Gasteiger partial charge on any atom is -0.287 e. The maximum atomic E-state index is 12.8. The topological polar surface area (TPSA) is 34.9 Å². The highest BCUT2D eigenvalue weighted by Gasteiger charge is 2.11. The Bertz CT molecular complexity index is 931. The van der Waals surface area contributed by atoms with E-state index < -0.39 is 0 Å². The van der Waals surface area contributed by atoms with Gasteiger partial charge in [-0.2, -0.15) is 0 Å². The second kappa shape index (κ2) is 7.22. The van der Waals surface area contributed by atoms with Crippen LogP contribution in [-0.2, 0) is 12.3 Å². The SMILES string of the molecule is CCCn1c(SCc2ccc(C)c(C)c2)nc2ccccc2c1=O. The van der Waals surface area contributed by atoms with Crippen molar-refractivity contribution in [3.05, 3.63) is 69.5 Å². The molecule has 24 heavy (non-hydrogen) atoms. The van der Waals surface area contributed by atoms with Crippen molar-refractivity contribution in [3.63, 3.8) is 0 Å². The van der Waals surface area contributed by atoms with Crippen LogP contribution in [0.3, 0.4) is 0 Å². The van der Waals surface area contributed by atoms with Crippen molar-refractivity contribution in [2.45, 2.75) is 44.6 Å². The van der Waals surface area contributed by atoms with Gasteiger partial charge in [-0.3, -0.25) is 9.36 Å². The van der Waals surface area contributed by atoms with E-state index in [1.165, 1.54) is 16.7 Å². The number of benzene rings is 2. The lowest BCUT2D eigenvalue weighted by molar-refractivity contribution is 0.585. The third-order valence-corrected chi connectivity index (χ3v) is 5.26. The number of nitrogens with zero attached hydrogens (tertiary/aromatic N) is 2. The molecule has 3 rings (SSSR count). The first-order chi connectivity index (χ1) is 11.6. The van der Waals surface area contributed by atoms with Crippen molar-refractivity contribution in [3.8, 4) is 0 Å². The number of para-hydroxylation sites is 1. The third kappa shape index (κ3) is 3.39. The first-order valence-corrected chi connectivity index (χ1v) is 9.27. The largest absolute Gasteiger partial charge is 0.287 e. The van der Waals surface area contributed by atoms with Crippen molar-refractivity contribution in [2.24, 2.45) is 0 Å². The maximum Gasteiger partial charge on any atom is 0.262 e. The van der Waals surface area contributed by atoms with Crippen molar-refractivity contribution in [1.82, 2.24) is 9.55 Å². The Morgan fingerprint density at radius 3 is 2.62 bits per heavy atom. The standard InChI is InChI=1S/C20H22N2OS/c1-4-11-22-19(23)17-7-5-6-8-18(17)21-20(22)24-13-16-10-9-14(2)15(3)12-16/h5-10,12H,4,11,13H2,1-3H3. The van der Waals surface area contributed by atoms with Gasteiger partial charge in [0.2, 0.25) is 0 Å². The molecule has 3 aromatic rings. The van der Waals surface area contributed by atoms with Crippen LogP contribution in [0.1, 0.15) is 30.0 Å². The molecule has 4 heteroatoms. The van der Waals surface area contributed by atoms with E-state index in [-0.39, 0.29) is 5.56 Å². The molecule has 2 aromatic carbocycles. The van der Waals surface area contributed by atoms with Gasteiger partial charge in [0.25, 0.3) is 5.56 Å². The number of hydrogen-bond acceptors (Lipinski definition) is 3. The fourth-order valence-electron chi connectivity index (χ4n) is 2.72. The number of rotatable bonds is 5. The minimum atomic E-state index is 0.0602. The summed E-state index contributed by atoms with van der Waals surface area (Å²) in [5.41, 5.74) is 4.69. The van der Waals surface area contributed by atoms with Crippen molar-refractivity contribution >= 4 is 22.7 Å². The minimum absolute atomic E-state index is 0.0602. The molecule has 1 heterocycles. The first-order valence-electron chi connectivity index (χ1n) is 8.28. The fraction of sp³-hybridized carbons (Fsp3) is 0.300. The van der Waals surface area contributed by atoms with E-state index >= 15 is 0 Å². The summed E-state index contributed by atoms with van der Waals surface area (Å²) in [6.07, 6.45) is 0.914. The molecular formula is C20H22N2OS. The molecule has 124 valence electrons. The summed E-state index contributed by atoms with van der Waals surface area (Å²) in [6.45, 7) is 7.03. The smallest absolute Gasteiger partial charge is 0.262 e. The van der Waals surface area contributed by atoms with Crippen LogP contribution in [0.2, 0.25) is 0 Å². The molecule has 0 amide bonds. The maximum absolute atomic E-state index is 12.8. The van der Waals surface area contributed by atoms with Gasteiger partial charge in [0, 0.05) is 12.3 Å². The molecule has 0 unspecified atom stereocenters. The van der Waals surface area contributed by atoms with Crippen LogP contribution in [0.15, 0.2) is 52.4 Å². The molecule has 0 saturated carbocycles. The Morgan fingerprint density at radius 1 is 1.08 bits per heavy atom. The molecule has 0 N–H and O–H groups in total. The quantitative estimate of drug-likeness (QED) is 0.499. The zero-order valence-electron chi connectivity index (χ0n) is 14.4. The lowest BCUT2D eigenvalue weighted by Crippen LogP contribution is -2.23. The predicted octanol–water partition coefficient (Wildman–Crippen LogP) is 4.72. The second-order valence-electron chi connectivity index (χ2n) is 6.08. The average Bonchev–Trinajstić information content (AvgIpc) is 2.59. The van der Waals surface area contributed by atoms with Gasteiger partial charge in [-0.25, -0.2) is 4.98 Å². The Balaban J connectivity index is 1.96. The van der Waals surface area contributed by atoms with Crippen LogP contribution >= 0.6 is 11.8 Å². The number of hydrogen-bond donors (Lipinski definition) is 0. The summed E-state index contributed by atoms with van der Waals surface area (Å²) in [6, 6.07) is 14.1. The van der Waals surface area contributed by atoms with E-state index in [2.05, 4.69) is 39.0 Å². The normalized spacial score (nSPS) is 11.1. The lowest BCUT2D eigenvalue weighted by Gasteiger charge is -2.12. The average molecular weight is 338 g/mol. The molecule has 0 aliphatic rings. The number of aromatic nitrogens is 2. The van der Waals surface area contributed by atoms with Gasteiger partial charge < -0.3 is 0 Å². The predicted molar refractivity (Wildman–Crippen MR) is 102 cm³/mol. The van der Waals surface area contributed by atoms with E-state index in [4.69, 9.17) is 4.98 Å². The molecule has 3 nitrogen and oxygen atoms in total. The lowest BCUT2D eigenvalue weighted by atomic mass is 10.1. The highest BCUT2D eigenvalue weighted by molar-refractivity contribution is 7.98. The fourth-order valence-corrected chi connectivity index (χ4v) is 3.69. The van der Waals surface area contributed by atoms with E-state index in [0.717, 1.165) is 22.8 Å². The Kier molecular flexibility index (Phi) is 5.05. The molecule has 1 aromatic heterocycles. The number of thioether (sulfide) groups is 1. The van der Waals surface area contributed by atoms with Gasteiger partial charge in [-0.1, -0.05) is 49.0 Å². The van der Waals surface area contributed by atoms with Gasteiger partial charge in [-0.15, -0.1) is 0 Å². The van der Waals surface area contributed by atoms with Crippen molar-refractivity contribution in [1.29, 1.82) is 0 Å². The summed E-state index contributed by atoms with van der Waals surface area (Å²) in [7, 11) is 0. The molecule has 0 fully saturated rings. The monoisotopic (exact) mass is 338 g/mol. The number of aryl methyl sites for hydroxylation is 2. The Labute approximate surface area is 146 Å². The molecule has 0 aliphatic carbocycles. The van der Waals surface area contributed by atoms with Gasteiger partial charge in [0.05, 0.1) is 10.9 Å². The van der Waals surface area contributed by atoms with Crippen LogP contribution in [-0.4, -0.2) is 9.55 Å². The van der Waals surface area contributed by atoms with Gasteiger partial charge in [-0.05, 0) is 49.1 Å². The van der Waals surface area contributed by atoms with E-state index in [0.29, 0.717) is 11.9 Å². The Hall–Kier alpha value is -2.07. The van der Waals surface area contributed by atoms with E-state index in [1.807, 2.05) is 28.8 Å². The number of fused-ring (bicyclic) bond motifs is 1. The highest BCUT2D eigenvalue weighted by atomic mass is 32.2. The van der Waals surface area contributed by atoms with Gasteiger partial charge >= 0.3 is 0 Å². The molecule has 0 atom stereocenters. The summed E-state index contributed by atoms with van der Waals surface area (Å²) >= 11 is 1.64. The Morgan fingerprint density at radius 2 is 1.88 bits per heavy atom. The van der Waals surface area contributed by atoms with Gasteiger partial charge in [0.15, 0.2) is 5.16 Å². The third-order valence-electron chi connectivity index (χ3n) is 4.21. The van der Waals surface area contributed by atoms with Crippen LogP contribution in [0.25, 0.3) is 10.9 Å². The molecule has 0 saturated heterocycles. The highest BCUT2D eigenvalue weighted by Crippen LogP contribution is 2.23. The van der Waals surface area contributed by atoms with Crippen LogP contribution in [0, 0.1) is 13.8 Å². The van der Waals surface area contributed by atoms with Crippen LogP contribution in [0.5, 0.6) is 0 Å². The van der Waals surface area contributed by atoms with Crippen molar-refractivity contribution < 1.29 is 0 Å². The van der Waals surface area contributed by atoms with E-state index in [1.54, 1.807) is 11.8 Å². The summed E-state index contributed by atoms with van der Waals surface area (Å²) in [5, 5.41) is 1.50. The molecule has 0 aliphatic heterocycles. The second-order valence-corrected chi connectivity index (χ2v) is 7.02. The zero-order valence-corrected chi connectivity index (χ0v) is 15.2. The van der Waals surface area contributed by atoms with Crippen LogP contribution < -0.4 is 5.56 Å². The van der Waals surface area contributed by atoms with Gasteiger partial charge in [0.1, 0.15) is 0 Å².